The number of anilines is 1. The van der Waals surface area contributed by atoms with Gasteiger partial charge in [0.05, 0.1) is 37.7 Å². The number of carbonyl (C=O) groups excluding carboxylic acids is 1. The number of alkyl halides is 3. The van der Waals surface area contributed by atoms with Crippen molar-refractivity contribution < 1.29 is 32.2 Å². The summed E-state index contributed by atoms with van der Waals surface area (Å²) >= 11 is 0. The molecule has 0 aliphatic carbocycles. The lowest BCUT2D eigenvalue weighted by molar-refractivity contribution is -0.274. The highest BCUT2D eigenvalue weighted by Crippen LogP contribution is 2.26. The van der Waals surface area contributed by atoms with Gasteiger partial charge in [0, 0.05) is 0 Å². The van der Waals surface area contributed by atoms with Crippen LogP contribution in [0.25, 0.3) is 5.69 Å². The third-order valence-corrected chi connectivity index (χ3v) is 3.93. The summed E-state index contributed by atoms with van der Waals surface area (Å²) in [5.41, 5.74) is 1.48. The second kappa shape index (κ2) is 8.72. The van der Waals surface area contributed by atoms with Crippen molar-refractivity contribution in [1.82, 2.24) is 14.8 Å². The van der Waals surface area contributed by atoms with Crippen molar-refractivity contribution in [3.05, 3.63) is 60.2 Å². The average Bonchev–Trinajstić information content (AvgIpc) is 3.20. The highest BCUT2D eigenvalue weighted by molar-refractivity contribution is 5.90. The van der Waals surface area contributed by atoms with Gasteiger partial charge in [0.15, 0.2) is 5.82 Å². The molecule has 0 aliphatic rings. The Balaban J connectivity index is 1.67. The summed E-state index contributed by atoms with van der Waals surface area (Å²) in [5, 5.41) is 7.38. The van der Waals surface area contributed by atoms with Gasteiger partial charge in [-0.1, -0.05) is 0 Å². The van der Waals surface area contributed by atoms with Gasteiger partial charge in [-0.25, -0.2) is 14.5 Å². The molecule has 0 saturated heterocycles. The molecule has 0 amide bonds. The largest absolute Gasteiger partial charge is 0.573 e. The zero-order valence-electron chi connectivity index (χ0n) is 15.9. The van der Waals surface area contributed by atoms with E-state index < -0.39 is 12.3 Å². The number of esters is 1. The summed E-state index contributed by atoms with van der Waals surface area (Å²) in [6.45, 7) is 0.246. The van der Waals surface area contributed by atoms with E-state index in [4.69, 9.17) is 4.74 Å². The molecular weight excluding hydrogens is 405 g/mol. The van der Waals surface area contributed by atoms with Crippen LogP contribution in [0.4, 0.5) is 18.9 Å². The predicted molar refractivity (Wildman–Crippen MR) is 99.7 cm³/mol. The van der Waals surface area contributed by atoms with Gasteiger partial charge in [-0.3, -0.25) is 0 Å². The molecule has 3 rings (SSSR count). The standard InChI is InChI=1S/C19H17F3N4O4/c1-28-16-9-12(18(27)29-2)3-8-15(16)23-10-17-24-11-26(25-17)13-4-6-14(7-5-13)30-19(20,21)22/h3-9,11,23H,10H2,1-2H3. The van der Waals surface area contributed by atoms with Crippen LogP contribution < -0.4 is 14.8 Å². The number of hydrogen-bond acceptors (Lipinski definition) is 7. The fourth-order valence-corrected chi connectivity index (χ4v) is 2.56. The molecule has 0 spiro atoms. The molecule has 0 bridgehead atoms. The molecule has 2 aromatic carbocycles. The maximum atomic E-state index is 12.2. The van der Waals surface area contributed by atoms with Crippen molar-refractivity contribution in [2.24, 2.45) is 0 Å². The monoisotopic (exact) mass is 422 g/mol. The van der Waals surface area contributed by atoms with Crippen molar-refractivity contribution in [3.8, 4) is 17.2 Å². The van der Waals surface area contributed by atoms with E-state index in [2.05, 4.69) is 24.9 Å². The van der Waals surface area contributed by atoms with Gasteiger partial charge in [-0.2, -0.15) is 0 Å². The Hall–Kier alpha value is -3.76. The van der Waals surface area contributed by atoms with Crippen LogP contribution in [0.2, 0.25) is 0 Å². The molecular formula is C19H17F3N4O4. The molecule has 1 aromatic heterocycles. The molecule has 158 valence electrons. The topological polar surface area (TPSA) is 87.5 Å². The fraction of sp³-hybridized carbons (Fsp3) is 0.211. The number of rotatable bonds is 7. The second-order valence-corrected chi connectivity index (χ2v) is 5.91. The number of benzene rings is 2. The molecule has 1 heterocycles. The first-order valence-electron chi connectivity index (χ1n) is 8.56. The first kappa shape index (κ1) is 21.0. The van der Waals surface area contributed by atoms with Crippen LogP contribution in [0.3, 0.4) is 0 Å². The lowest BCUT2D eigenvalue weighted by Crippen LogP contribution is -2.17. The molecule has 0 atom stereocenters. The van der Waals surface area contributed by atoms with Gasteiger partial charge in [-0.15, -0.1) is 18.3 Å². The smallest absolute Gasteiger partial charge is 0.495 e. The number of halogens is 3. The van der Waals surface area contributed by atoms with E-state index in [0.29, 0.717) is 28.5 Å². The fourth-order valence-electron chi connectivity index (χ4n) is 2.56. The quantitative estimate of drug-likeness (QED) is 0.583. The summed E-state index contributed by atoms with van der Waals surface area (Å²) in [7, 11) is 2.76. The lowest BCUT2D eigenvalue weighted by atomic mass is 10.2. The number of aromatic nitrogens is 3. The first-order valence-corrected chi connectivity index (χ1v) is 8.56. The van der Waals surface area contributed by atoms with Crippen molar-refractivity contribution in [2.75, 3.05) is 19.5 Å². The Morgan fingerprint density at radius 1 is 1.13 bits per heavy atom. The Morgan fingerprint density at radius 3 is 2.50 bits per heavy atom. The van der Waals surface area contributed by atoms with E-state index in [0.717, 1.165) is 0 Å². The maximum Gasteiger partial charge on any atom is 0.573 e. The summed E-state index contributed by atoms with van der Waals surface area (Å²) in [6.07, 6.45) is -3.31. The van der Waals surface area contributed by atoms with E-state index in [1.54, 1.807) is 18.2 Å². The second-order valence-electron chi connectivity index (χ2n) is 5.91. The normalized spacial score (nSPS) is 11.1. The van der Waals surface area contributed by atoms with E-state index in [1.807, 2.05) is 0 Å². The van der Waals surface area contributed by atoms with E-state index in [1.165, 1.54) is 49.5 Å². The van der Waals surface area contributed by atoms with Gasteiger partial charge >= 0.3 is 12.3 Å². The minimum Gasteiger partial charge on any atom is -0.495 e. The van der Waals surface area contributed by atoms with Crippen LogP contribution >= 0.6 is 0 Å². The third kappa shape index (κ3) is 5.19. The molecule has 0 saturated carbocycles. The van der Waals surface area contributed by atoms with Crippen LogP contribution in [0.5, 0.6) is 11.5 Å². The number of ether oxygens (including phenoxy) is 3. The molecule has 0 fully saturated rings. The number of methoxy groups -OCH3 is 2. The van der Waals surface area contributed by atoms with E-state index >= 15 is 0 Å². The van der Waals surface area contributed by atoms with Gasteiger partial charge in [0.1, 0.15) is 17.8 Å². The summed E-state index contributed by atoms with van der Waals surface area (Å²) in [4.78, 5) is 15.8. The van der Waals surface area contributed by atoms with Crippen molar-refractivity contribution >= 4 is 11.7 Å². The summed E-state index contributed by atoms with van der Waals surface area (Å²) < 4.78 is 51.9. The zero-order valence-corrected chi connectivity index (χ0v) is 15.9. The molecule has 1 N–H and O–H groups in total. The Bertz CT molecular complexity index is 1020. The van der Waals surface area contributed by atoms with Gasteiger partial charge < -0.3 is 19.5 Å². The van der Waals surface area contributed by atoms with Crippen LogP contribution in [0.1, 0.15) is 16.2 Å². The summed E-state index contributed by atoms with van der Waals surface area (Å²) in [5.74, 6) is 0.0740. The van der Waals surface area contributed by atoms with Crippen LogP contribution in [0.15, 0.2) is 48.8 Å². The minimum atomic E-state index is -4.75. The molecule has 8 nitrogen and oxygen atoms in total. The highest BCUT2D eigenvalue weighted by atomic mass is 19.4. The molecule has 0 radical (unpaired) electrons. The van der Waals surface area contributed by atoms with E-state index in [9.17, 15) is 18.0 Å². The van der Waals surface area contributed by atoms with Crippen molar-refractivity contribution in [1.29, 1.82) is 0 Å². The number of carbonyl (C=O) groups is 1. The number of nitrogens with zero attached hydrogens (tertiary/aromatic N) is 3. The summed E-state index contributed by atoms with van der Waals surface area (Å²) in [6, 6.07) is 10.1. The van der Waals surface area contributed by atoms with Gasteiger partial charge in [0.2, 0.25) is 0 Å². The highest BCUT2D eigenvalue weighted by Gasteiger charge is 2.31. The van der Waals surface area contributed by atoms with Crippen molar-refractivity contribution in [3.63, 3.8) is 0 Å². The predicted octanol–water partition coefficient (Wildman–Crippen LogP) is 3.57. The molecule has 0 aliphatic heterocycles. The number of nitrogens with one attached hydrogen (secondary N) is 1. The minimum absolute atomic E-state index is 0.246. The zero-order chi connectivity index (χ0) is 21.7. The van der Waals surface area contributed by atoms with Crippen LogP contribution in [-0.4, -0.2) is 41.3 Å². The molecule has 11 heteroatoms. The van der Waals surface area contributed by atoms with Crippen LogP contribution in [0, 0.1) is 0 Å². The third-order valence-electron chi connectivity index (χ3n) is 3.93. The average molecular weight is 422 g/mol. The Morgan fingerprint density at radius 2 is 1.87 bits per heavy atom. The number of hydrogen-bond donors (Lipinski definition) is 1. The van der Waals surface area contributed by atoms with Gasteiger partial charge in [0.25, 0.3) is 0 Å². The molecule has 3 aromatic rings. The lowest BCUT2D eigenvalue weighted by Gasteiger charge is -2.11. The maximum absolute atomic E-state index is 12.2. The van der Waals surface area contributed by atoms with Gasteiger partial charge in [-0.05, 0) is 42.5 Å². The Labute approximate surface area is 169 Å². The van der Waals surface area contributed by atoms with E-state index in [-0.39, 0.29) is 12.3 Å². The van der Waals surface area contributed by atoms with Crippen LogP contribution in [-0.2, 0) is 11.3 Å². The molecule has 0 unspecified atom stereocenters. The van der Waals surface area contributed by atoms with Crippen molar-refractivity contribution in [2.45, 2.75) is 12.9 Å². The SMILES string of the molecule is COC(=O)c1ccc(NCc2ncn(-c3ccc(OC(F)(F)F)cc3)n2)c(OC)c1. The Kier molecular flexibility index (Phi) is 6.09. The molecule has 30 heavy (non-hydrogen) atoms. The first-order chi connectivity index (χ1) is 14.3.